The van der Waals surface area contributed by atoms with Gasteiger partial charge in [-0.3, -0.25) is 9.88 Å². The zero-order valence-corrected chi connectivity index (χ0v) is 30.0. The van der Waals surface area contributed by atoms with Crippen LogP contribution in [0.25, 0.3) is 10.9 Å². The maximum atomic E-state index is 6.20. The van der Waals surface area contributed by atoms with Gasteiger partial charge in [-0.15, -0.1) is 6.58 Å². The van der Waals surface area contributed by atoms with E-state index >= 15 is 0 Å². The molecule has 8 atom stereocenters. The van der Waals surface area contributed by atoms with Gasteiger partial charge in [0.15, 0.2) is 5.11 Å². The molecule has 1 unspecified atom stereocenters. The second kappa shape index (κ2) is 12.8. The van der Waals surface area contributed by atoms with Crippen molar-refractivity contribution in [2.24, 2.45) is 23.2 Å². The van der Waals surface area contributed by atoms with E-state index in [1.54, 1.807) is 18.2 Å². The zero-order valence-electron chi connectivity index (χ0n) is 29.1. The van der Waals surface area contributed by atoms with Crippen LogP contribution in [-0.2, 0) is 11.8 Å². The van der Waals surface area contributed by atoms with Gasteiger partial charge in [0.05, 0.1) is 18.7 Å². The molecule has 0 spiro atoms. The fourth-order valence-corrected chi connectivity index (χ4v) is 10.5. The Morgan fingerprint density at radius 1 is 1.15 bits per heavy atom. The van der Waals surface area contributed by atoms with Crippen LogP contribution in [0.4, 0.5) is 0 Å². The third-order valence-electron chi connectivity index (χ3n) is 13.0. The predicted octanol–water partition coefficient (Wildman–Crippen LogP) is 8.48. The fraction of sp³-hybridized carbons (Fsp3) is 0.561. The van der Waals surface area contributed by atoms with Crippen LogP contribution in [0, 0.1) is 23.2 Å². The minimum absolute atomic E-state index is 0.0438. The first kappa shape index (κ1) is 32.6. The lowest BCUT2D eigenvalue weighted by atomic mass is 9.49. The smallest absolute Gasteiger partial charge is 0.166 e. The Morgan fingerprint density at radius 3 is 2.74 bits per heavy atom. The van der Waals surface area contributed by atoms with Gasteiger partial charge in [0.1, 0.15) is 5.75 Å². The summed E-state index contributed by atoms with van der Waals surface area (Å²) in [5.74, 6) is 3.28. The van der Waals surface area contributed by atoms with Gasteiger partial charge < -0.3 is 15.4 Å². The molecule has 47 heavy (non-hydrogen) atoms. The number of hydrogen-bond acceptors (Lipinski definition) is 4. The van der Waals surface area contributed by atoms with Crippen LogP contribution in [0.3, 0.4) is 0 Å². The molecule has 2 aromatic carbocycles. The molecule has 0 amide bonds. The first-order valence-electron chi connectivity index (χ1n) is 18.1. The van der Waals surface area contributed by atoms with Crippen molar-refractivity contribution in [3.63, 3.8) is 0 Å². The average molecular weight is 651 g/mol. The van der Waals surface area contributed by atoms with Gasteiger partial charge in [0, 0.05) is 30.7 Å². The van der Waals surface area contributed by atoms with Crippen LogP contribution in [0.5, 0.6) is 5.75 Å². The minimum Gasteiger partial charge on any atom is -0.497 e. The average Bonchev–Trinajstić information content (AvgIpc) is 3.09. The molecule has 6 heteroatoms. The molecule has 250 valence electrons. The first-order chi connectivity index (χ1) is 22.6. The van der Waals surface area contributed by atoms with Crippen molar-refractivity contribution in [1.82, 2.24) is 20.5 Å². The molecule has 0 radical (unpaired) electrons. The molecular formula is C41H54N4OS. The molecule has 3 aromatic rings. The van der Waals surface area contributed by atoms with Gasteiger partial charge in [0.2, 0.25) is 0 Å². The van der Waals surface area contributed by atoms with Gasteiger partial charge in [-0.25, -0.2) is 0 Å². The number of aryl methyl sites for hydroxylation is 1. The lowest BCUT2D eigenvalue weighted by Gasteiger charge is -2.56. The predicted molar refractivity (Wildman–Crippen MR) is 198 cm³/mol. The summed E-state index contributed by atoms with van der Waals surface area (Å²) in [6, 6.07) is 16.2. The van der Waals surface area contributed by atoms with Gasteiger partial charge in [-0.1, -0.05) is 58.4 Å². The molecule has 1 saturated carbocycles. The number of pyridine rings is 1. The Bertz CT molecular complexity index is 1650. The van der Waals surface area contributed by atoms with Gasteiger partial charge in [0.25, 0.3) is 0 Å². The Balaban J connectivity index is 1.14. The van der Waals surface area contributed by atoms with E-state index in [0.717, 1.165) is 47.8 Å². The number of rotatable bonds is 8. The number of hydrogen-bond donors (Lipinski definition) is 2. The number of methoxy groups -OCH3 is 1. The minimum atomic E-state index is 0.0438. The molecule has 4 fully saturated rings. The number of aromatic nitrogens is 1. The number of nitrogens with zero attached hydrogens (tertiary/aromatic N) is 2. The molecular weight excluding hydrogens is 597 g/mol. The molecule has 3 saturated heterocycles. The van der Waals surface area contributed by atoms with Crippen molar-refractivity contribution in [3.8, 4) is 5.75 Å². The van der Waals surface area contributed by atoms with Gasteiger partial charge in [-0.2, -0.15) is 0 Å². The number of benzene rings is 2. The van der Waals surface area contributed by atoms with Gasteiger partial charge >= 0.3 is 0 Å². The van der Waals surface area contributed by atoms with Crippen molar-refractivity contribution in [2.45, 2.75) is 96.1 Å². The molecule has 2 N–H and O–H groups in total. The quantitative estimate of drug-likeness (QED) is 0.188. The molecule has 8 rings (SSSR count). The molecule has 3 aliphatic heterocycles. The maximum absolute atomic E-state index is 6.20. The fourth-order valence-electron chi connectivity index (χ4n) is 10.3. The molecule has 5 nitrogen and oxygen atoms in total. The van der Waals surface area contributed by atoms with Crippen LogP contribution in [-0.4, -0.2) is 47.8 Å². The van der Waals surface area contributed by atoms with Crippen LogP contribution in [0.2, 0.25) is 0 Å². The monoisotopic (exact) mass is 650 g/mol. The summed E-state index contributed by atoms with van der Waals surface area (Å²) in [6.45, 7) is 17.0. The standard InChI is InChI=1S/C41H54N4OS/c1-7-27-24-45-20-16-29(27)22-36(45)38(32-15-19-42-35-13-11-31(46-6)23-33(32)35)44-39(47)43-25-40(4)17-8-18-41(5)34-12-9-28(26(2)3)21-30(34)10-14-37(40)41/h7,9,11-13,15,19,21,23,26-27,29,36-38H,1,8,10,14,16-18,20,22,24-25H2,2-6H3,(H2,43,44,47)/t27-,29-,36-,37-,38+,40-,41+/m0/s1. The maximum Gasteiger partial charge on any atom is 0.166 e. The number of fused-ring (bicyclic) bond motifs is 7. The van der Waals surface area contributed by atoms with Crippen LogP contribution >= 0.6 is 12.2 Å². The first-order valence-corrected chi connectivity index (χ1v) is 18.5. The topological polar surface area (TPSA) is 49.4 Å². The van der Waals surface area contributed by atoms with E-state index in [1.807, 2.05) is 12.3 Å². The number of ether oxygens (including phenoxy) is 1. The second-order valence-electron chi connectivity index (χ2n) is 15.9. The van der Waals surface area contributed by atoms with Crippen molar-refractivity contribution in [3.05, 3.63) is 83.6 Å². The van der Waals surface area contributed by atoms with Crippen molar-refractivity contribution < 1.29 is 4.74 Å². The van der Waals surface area contributed by atoms with Crippen LogP contribution in [0.1, 0.15) is 100 Å². The van der Waals surface area contributed by atoms with E-state index < -0.39 is 0 Å². The Hall–Kier alpha value is -2.96. The van der Waals surface area contributed by atoms with E-state index in [1.165, 1.54) is 49.7 Å². The van der Waals surface area contributed by atoms with E-state index in [0.29, 0.717) is 29.7 Å². The van der Waals surface area contributed by atoms with E-state index in [-0.39, 0.29) is 16.9 Å². The highest BCUT2D eigenvalue weighted by Gasteiger charge is 2.52. The highest BCUT2D eigenvalue weighted by atomic mass is 32.1. The lowest BCUT2D eigenvalue weighted by Crippen LogP contribution is -2.59. The highest BCUT2D eigenvalue weighted by Crippen LogP contribution is 2.57. The third-order valence-corrected chi connectivity index (χ3v) is 13.2. The number of piperidine rings is 3. The third kappa shape index (κ3) is 5.88. The SMILES string of the molecule is C=C[C@H]1CN2CC[C@H]1C[C@H]2[C@H](NC(=S)NC[C@]1(C)CCC[C@]2(C)c3ccc(C(C)C)cc3CC[C@@H]12)c1ccnc2ccc(OC)cc12. The Morgan fingerprint density at radius 2 is 2.00 bits per heavy atom. The van der Waals surface area contributed by atoms with Crippen molar-refractivity contribution in [1.29, 1.82) is 0 Å². The molecule has 4 heterocycles. The number of nitrogens with one attached hydrogen (secondary N) is 2. The highest BCUT2D eigenvalue weighted by molar-refractivity contribution is 7.80. The van der Waals surface area contributed by atoms with E-state index in [9.17, 15) is 0 Å². The molecule has 1 aromatic heterocycles. The molecule has 5 aliphatic rings. The number of thiocarbonyl (C=S) groups is 1. The van der Waals surface area contributed by atoms with Crippen LogP contribution < -0.4 is 15.4 Å². The summed E-state index contributed by atoms with van der Waals surface area (Å²) in [5, 5.41) is 9.61. The largest absolute Gasteiger partial charge is 0.497 e. The summed E-state index contributed by atoms with van der Waals surface area (Å²) in [7, 11) is 1.73. The summed E-state index contributed by atoms with van der Waals surface area (Å²) in [4.78, 5) is 7.40. The molecule has 2 aliphatic carbocycles. The molecule has 2 bridgehead atoms. The second-order valence-corrected chi connectivity index (χ2v) is 16.3. The summed E-state index contributed by atoms with van der Waals surface area (Å²) in [6.07, 6.45) is 12.7. The Labute approximate surface area is 287 Å². The lowest BCUT2D eigenvalue weighted by molar-refractivity contribution is 0.00407. The zero-order chi connectivity index (χ0) is 32.9. The summed E-state index contributed by atoms with van der Waals surface area (Å²) >= 11 is 6.20. The van der Waals surface area contributed by atoms with Crippen molar-refractivity contribution in [2.75, 3.05) is 26.7 Å². The Kier molecular flexibility index (Phi) is 8.88. The van der Waals surface area contributed by atoms with Gasteiger partial charge in [-0.05, 0) is 138 Å². The van der Waals surface area contributed by atoms with E-state index in [4.69, 9.17) is 21.9 Å². The summed E-state index contributed by atoms with van der Waals surface area (Å²) in [5.41, 5.74) is 7.27. The summed E-state index contributed by atoms with van der Waals surface area (Å²) < 4.78 is 5.66. The normalized spacial score (nSPS) is 31.9. The van der Waals surface area contributed by atoms with Crippen molar-refractivity contribution >= 4 is 28.2 Å². The van der Waals surface area contributed by atoms with E-state index in [2.05, 4.69) is 92.3 Å². The van der Waals surface area contributed by atoms with Crippen LogP contribution in [0.15, 0.2) is 61.3 Å².